The highest BCUT2D eigenvalue weighted by Gasteiger charge is 2.29. The first-order valence-electron chi connectivity index (χ1n) is 9.13. The third-order valence-corrected chi connectivity index (χ3v) is 5.05. The molecular weight excluding hydrogens is 318 g/mol. The maximum Gasteiger partial charge on any atom is 0.101 e. The number of allylic oxidation sites excluding steroid dienone is 4. The molecule has 2 aromatic carbocycles. The Morgan fingerprint density at radius 3 is 2.35 bits per heavy atom. The van der Waals surface area contributed by atoms with Crippen molar-refractivity contribution in [1.29, 1.82) is 5.26 Å². The molecule has 128 valence electrons. The number of anilines is 1. The van der Waals surface area contributed by atoms with Gasteiger partial charge in [-0.2, -0.15) is 5.26 Å². The van der Waals surface area contributed by atoms with Crippen molar-refractivity contribution in [2.45, 2.75) is 25.7 Å². The molecule has 0 spiro atoms. The zero-order valence-electron chi connectivity index (χ0n) is 14.7. The monoisotopic (exact) mass is 339 g/mol. The summed E-state index contributed by atoms with van der Waals surface area (Å²) in [6.07, 6.45) is 6.24. The molecule has 2 aliphatic rings. The van der Waals surface area contributed by atoms with Crippen molar-refractivity contribution >= 4 is 17.1 Å². The number of fused-ring (bicyclic) bond motifs is 1. The van der Waals surface area contributed by atoms with E-state index in [0.717, 1.165) is 53.9 Å². The summed E-state index contributed by atoms with van der Waals surface area (Å²) >= 11 is 0. The minimum absolute atomic E-state index is 0.473. The quantitative estimate of drug-likeness (QED) is 0.770. The Morgan fingerprint density at radius 1 is 0.923 bits per heavy atom. The lowest BCUT2D eigenvalue weighted by Gasteiger charge is -2.30. The molecule has 0 radical (unpaired) electrons. The average molecular weight is 339 g/mol. The zero-order chi connectivity index (χ0) is 17.8. The molecule has 0 amide bonds. The van der Waals surface area contributed by atoms with Crippen LogP contribution in [0.4, 0.5) is 11.4 Å². The molecule has 1 unspecified atom stereocenters. The lowest BCUT2D eigenvalue weighted by molar-refractivity contribution is 0.512. The van der Waals surface area contributed by atoms with E-state index in [0.29, 0.717) is 5.92 Å². The second-order valence-electron chi connectivity index (χ2n) is 6.77. The Labute approximate surface area is 154 Å². The Balaban J connectivity index is 1.69. The van der Waals surface area contributed by atoms with Crippen molar-refractivity contribution in [1.82, 2.24) is 0 Å². The molecule has 0 fully saturated rings. The number of nitriles is 1. The highest BCUT2D eigenvalue weighted by Crippen LogP contribution is 2.38. The first-order chi connectivity index (χ1) is 12.8. The minimum Gasteiger partial charge on any atom is -0.359 e. The van der Waals surface area contributed by atoms with Gasteiger partial charge in [0.2, 0.25) is 0 Å². The second kappa shape index (κ2) is 7.41. The Kier molecular flexibility index (Phi) is 4.66. The number of hydrogen-bond donors (Lipinski definition) is 1. The van der Waals surface area contributed by atoms with E-state index in [1.165, 1.54) is 5.70 Å². The van der Waals surface area contributed by atoms with Crippen LogP contribution in [0.3, 0.4) is 0 Å². The van der Waals surface area contributed by atoms with Gasteiger partial charge in [-0.3, -0.25) is 4.99 Å². The van der Waals surface area contributed by atoms with Gasteiger partial charge in [0.05, 0.1) is 17.0 Å². The van der Waals surface area contributed by atoms with Crippen LogP contribution in [0, 0.1) is 17.2 Å². The van der Waals surface area contributed by atoms with Gasteiger partial charge in [-0.15, -0.1) is 0 Å². The lowest BCUT2D eigenvalue weighted by atomic mass is 9.76. The topological polar surface area (TPSA) is 48.2 Å². The molecule has 1 N–H and O–H groups in total. The predicted molar refractivity (Wildman–Crippen MR) is 106 cm³/mol. The fourth-order valence-electron chi connectivity index (χ4n) is 3.75. The van der Waals surface area contributed by atoms with Crippen LogP contribution in [0.1, 0.15) is 25.7 Å². The van der Waals surface area contributed by atoms with Crippen LogP contribution in [-0.2, 0) is 0 Å². The van der Waals surface area contributed by atoms with Gasteiger partial charge >= 0.3 is 0 Å². The van der Waals surface area contributed by atoms with Gasteiger partial charge in [0.15, 0.2) is 0 Å². The summed E-state index contributed by atoms with van der Waals surface area (Å²) in [5.41, 5.74) is 6.01. The van der Waals surface area contributed by atoms with Crippen molar-refractivity contribution in [3.05, 3.63) is 83.6 Å². The first kappa shape index (κ1) is 16.4. The van der Waals surface area contributed by atoms with Crippen LogP contribution < -0.4 is 5.32 Å². The van der Waals surface area contributed by atoms with Gasteiger partial charge in [-0.05, 0) is 67.5 Å². The smallest absolute Gasteiger partial charge is 0.101 e. The molecule has 0 saturated carbocycles. The normalized spacial score (nSPS) is 21.0. The number of benzene rings is 2. The van der Waals surface area contributed by atoms with E-state index >= 15 is 0 Å². The number of nitrogens with one attached hydrogen (secondary N) is 1. The standard InChI is InChI=1S/C23H21N3/c24-16-22-21-15-20(25-18-7-3-1-4-8-18)13-11-17(21)12-14-23(22)26-19-9-5-2-6-10-19/h1-10,15,17,25H,11-14H2. The zero-order valence-corrected chi connectivity index (χ0v) is 14.7. The molecule has 2 aliphatic carbocycles. The second-order valence-corrected chi connectivity index (χ2v) is 6.77. The van der Waals surface area contributed by atoms with Crippen molar-refractivity contribution in [2.24, 2.45) is 10.9 Å². The third kappa shape index (κ3) is 3.45. The number of hydrogen-bond acceptors (Lipinski definition) is 3. The SMILES string of the molecule is N#CC1=C2C=C(Nc3ccccc3)CCC2CCC1=Nc1ccccc1. The molecule has 2 aromatic rings. The molecule has 0 aromatic heterocycles. The molecule has 3 heteroatoms. The van der Waals surface area contributed by atoms with E-state index in [4.69, 9.17) is 4.99 Å². The van der Waals surface area contributed by atoms with Gasteiger partial charge in [0, 0.05) is 11.4 Å². The van der Waals surface area contributed by atoms with Crippen LogP contribution in [-0.4, -0.2) is 5.71 Å². The van der Waals surface area contributed by atoms with Crippen LogP contribution in [0.25, 0.3) is 0 Å². The maximum atomic E-state index is 9.82. The first-order valence-corrected chi connectivity index (χ1v) is 9.13. The maximum absolute atomic E-state index is 9.82. The van der Waals surface area contributed by atoms with E-state index in [9.17, 15) is 5.26 Å². The number of aliphatic imine (C=N–C) groups is 1. The summed E-state index contributed by atoms with van der Waals surface area (Å²) in [4.78, 5) is 4.76. The van der Waals surface area contributed by atoms with E-state index in [2.05, 4.69) is 29.6 Å². The van der Waals surface area contributed by atoms with E-state index in [-0.39, 0.29) is 0 Å². The van der Waals surface area contributed by atoms with Crippen LogP contribution in [0.15, 0.2) is 88.6 Å². The molecule has 3 nitrogen and oxygen atoms in total. The van der Waals surface area contributed by atoms with Gasteiger partial charge < -0.3 is 5.32 Å². The fourth-order valence-corrected chi connectivity index (χ4v) is 3.75. The summed E-state index contributed by atoms with van der Waals surface area (Å²) in [7, 11) is 0. The molecule has 4 rings (SSSR count). The lowest BCUT2D eigenvalue weighted by Crippen LogP contribution is -2.22. The van der Waals surface area contributed by atoms with Gasteiger partial charge in [0.1, 0.15) is 6.07 Å². The molecule has 0 aliphatic heterocycles. The van der Waals surface area contributed by atoms with Gasteiger partial charge in [-0.1, -0.05) is 36.4 Å². The van der Waals surface area contributed by atoms with Crippen molar-refractivity contribution in [2.75, 3.05) is 5.32 Å². The van der Waals surface area contributed by atoms with E-state index in [1.807, 2.05) is 48.5 Å². The molecule has 0 saturated heterocycles. The van der Waals surface area contributed by atoms with Crippen molar-refractivity contribution < 1.29 is 0 Å². The Hall–Kier alpha value is -3.12. The van der Waals surface area contributed by atoms with Crippen LogP contribution in [0.5, 0.6) is 0 Å². The van der Waals surface area contributed by atoms with Crippen molar-refractivity contribution in [3.8, 4) is 6.07 Å². The molecular formula is C23H21N3. The summed E-state index contributed by atoms with van der Waals surface area (Å²) in [6, 6.07) is 22.5. The van der Waals surface area contributed by atoms with Gasteiger partial charge in [-0.25, -0.2) is 0 Å². The molecule has 0 heterocycles. The number of rotatable bonds is 3. The van der Waals surface area contributed by atoms with Crippen LogP contribution in [0.2, 0.25) is 0 Å². The highest BCUT2D eigenvalue weighted by atomic mass is 14.9. The van der Waals surface area contributed by atoms with Gasteiger partial charge in [0.25, 0.3) is 0 Å². The Morgan fingerprint density at radius 2 is 1.62 bits per heavy atom. The number of para-hydroxylation sites is 2. The summed E-state index contributed by atoms with van der Waals surface area (Å²) in [6.45, 7) is 0. The highest BCUT2D eigenvalue weighted by molar-refractivity contribution is 6.06. The largest absolute Gasteiger partial charge is 0.359 e. The van der Waals surface area contributed by atoms with E-state index in [1.54, 1.807) is 0 Å². The van der Waals surface area contributed by atoms with E-state index < -0.39 is 0 Å². The third-order valence-electron chi connectivity index (χ3n) is 5.05. The molecule has 0 bridgehead atoms. The number of nitrogens with zero attached hydrogens (tertiary/aromatic N) is 2. The molecule has 26 heavy (non-hydrogen) atoms. The summed E-state index contributed by atoms with van der Waals surface area (Å²) in [5.74, 6) is 0.473. The minimum atomic E-state index is 0.473. The predicted octanol–water partition coefficient (Wildman–Crippen LogP) is 5.78. The fraction of sp³-hybridized carbons (Fsp3) is 0.217. The summed E-state index contributed by atoms with van der Waals surface area (Å²) < 4.78 is 0. The Bertz CT molecular complexity index is 915. The average Bonchev–Trinajstić information content (AvgIpc) is 2.69. The van der Waals surface area contributed by atoms with Crippen molar-refractivity contribution in [3.63, 3.8) is 0 Å². The summed E-state index contributed by atoms with van der Waals surface area (Å²) in [5, 5.41) is 13.3. The van der Waals surface area contributed by atoms with Crippen LogP contribution >= 0.6 is 0 Å². The molecule has 1 atom stereocenters.